The van der Waals surface area contributed by atoms with E-state index in [1.54, 1.807) is 59.4 Å². The summed E-state index contributed by atoms with van der Waals surface area (Å²) in [5, 5.41) is 11.8. The molecule has 7 nitrogen and oxygen atoms in total. The van der Waals surface area contributed by atoms with Crippen molar-refractivity contribution in [2.24, 2.45) is 7.05 Å². The molecule has 5 rings (SSSR count). The number of nitrogens with zero attached hydrogens (tertiary/aromatic N) is 6. The maximum atomic E-state index is 15.3. The van der Waals surface area contributed by atoms with Gasteiger partial charge in [-0.3, -0.25) is 14.8 Å². The fourth-order valence-electron chi connectivity index (χ4n) is 3.18. The number of fused-ring (bicyclic) bond motifs is 2. The molecule has 0 aliphatic heterocycles. The molecule has 0 amide bonds. The number of imidazole rings is 1. The van der Waals surface area contributed by atoms with Crippen LogP contribution < -0.4 is 0 Å². The Hall–Kier alpha value is -3.26. The van der Waals surface area contributed by atoms with Crippen molar-refractivity contribution in [2.45, 2.75) is 0 Å². The highest BCUT2D eigenvalue weighted by atomic mass is 35.5. The molecular weight excluding hydrogens is 357 g/mol. The molecule has 4 heterocycles. The minimum absolute atomic E-state index is 0.0120. The number of nitrogens with one attached hydrogen (secondary N) is 1. The van der Waals surface area contributed by atoms with E-state index in [4.69, 9.17) is 11.6 Å². The van der Waals surface area contributed by atoms with Gasteiger partial charge in [-0.15, -0.1) is 0 Å². The first kappa shape index (κ1) is 15.0. The zero-order valence-electron chi connectivity index (χ0n) is 13.5. The Balaban J connectivity index is 1.86. The number of H-pyrrole nitrogens is 1. The molecular formula is C17H11ClFN7. The largest absolute Gasteiger partial charge is 0.304 e. The SMILES string of the molecule is Cn1nccc1-c1c(F)c(Cl)c(-c2cn3ccnc3cn2)c2cn[nH]c12. The van der Waals surface area contributed by atoms with Crippen molar-refractivity contribution in [3.8, 4) is 22.5 Å². The lowest BCUT2D eigenvalue weighted by atomic mass is 10.0. The van der Waals surface area contributed by atoms with E-state index in [0.717, 1.165) is 0 Å². The van der Waals surface area contributed by atoms with Crippen molar-refractivity contribution < 1.29 is 4.39 Å². The van der Waals surface area contributed by atoms with Crippen molar-refractivity contribution in [2.75, 3.05) is 0 Å². The third-order valence-electron chi connectivity index (χ3n) is 4.40. The lowest BCUT2D eigenvalue weighted by Gasteiger charge is -2.12. The molecule has 0 atom stereocenters. The van der Waals surface area contributed by atoms with Crippen LogP contribution in [0.25, 0.3) is 39.1 Å². The zero-order valence-corrected chi connectivity index (χ0v) is 14.2. The molecule has 5 aromatic rings. The molecule has 1 N–H and O–H groups in total. The first-order chi connectivity index (χ1) is 12.6. The molecule has 0 bridgehead atoms. The molecule has 0 spiro atoms. The van der Waals surface area contributed by atoms with E-state index >= 15 is 4.39 Å². The lowest BCUT2D eigenvalue weighted by molar-refractivity contribution is 0.630. The van der Waals surface area contributed by atoms with Gasteiger partial charge in [-0.25, -0.2) is 9.37 Å². The van der Waals surface area contributed by atoms with Crippen molar-refractivity contribution in [1.82, 2.24) is 34.3 Å². The summed E-state index contributed by atoms with van der Waals surface area (Å²) in [6.07, 6.45) is 10.1. The van der Waals surface area contributed by atoms with Crippen LogP contribution in [0, 0.1) is 5.82 Å². The van der Waals surface area contributed by atoms with Gasteiger partial charge in [0, 0.05) is 42.8 Å². The average molecular weight is 368 g/mol. The second kappa shape index (κ2) is 5.37. The van der Waals surface area contributed by atoms with E-state index in [2.05, 4.69) is 25.3 Å². The molecule has 0 saturated heterocycles. The van der Waals surface area contributed by atoms with Crippen molar-refractivity contribution in [3.63, 3.8) is 0 Å². The van der Waals surface area contributed by atoms with E-state index in [1.165, 1.54) is 0 Å². The van der Waals surface area contributed by atoms with Crippen LogP contribution in [0.2, 0.25) is 5.02 Å². The Labute approximate surface area is 151 Å². The van der Waals surface area contributed by atoms with Crippen LogP contribution in [0.3, 0.4) is 0 Å². The third-order valence-corrected chi connectivity index (χ3v) is 4.76. The smallest absolute Gasteiger partial charge is 0.155 e. The molecule has 0 unspecified atom stereocenters. The van der Waals surface area contributed by atoms with Gasteiger partial charge in [-0.1, -0.05) is 11.6 Å². The highest BCUT2D eigenvalue weighted by molar-refractivity contribution is 6.35. The molecule has 128 valence electrons. The third kappa shape index (κ3) is 1.99. The number of aryl methyl sites for hydroxylation is 1. The van der Waals surface area contributed by atoms with E-state index in [-0.39, 0.29) is 5.02 Å². The normalized spacial score (nSPS) is 11.7. The van der Waals surface area contributed by atoms with Crippen LogP contribution in [0.15, 0.2) is 43.2 Å². The van der Waals surface area contributed by atoms with Gasteiger partial charge in [0.05, 0.1) is 39.9 Å². The molecule has 0 fully saturated rings. The number of halogens is 2. The van der Waals surface area contributed by atoms with Gasteiger partial charge in [-0.2, -0.15) is 10.2 Å². The summed E-state index contributed by atoms with van der Waals surface area (Å²) in [4.78, 5) is 8.57. The van der Waals surface area contributed by atoms with E-state index in [9.17, 15) is 0 Å². The molecule has 0 aliphatic rings. The fraction of sp³-hybridized carbons (Fsp3) is 0.0588. The average Bonchev–Trinajstić information content (AvgIpc) is 3.37. The quantitative estimate of drug-likeness (QED) is 0.518. The van der Waals surface area contributed by atoms with Gasteiger partial charge in [0.2, 0.25) is 0 Å². The first-order valence-electron chi connectivity index (χ1n) is 7.76. The van der Waals surface area contributed by atoms with Crippen LogP contribution in [0.5, 0.6) is 0 Å². The van der Waals surface area contributed by atoms with E-state index in [1.807, 2.05) is 0 Å². The maximum Gasteiger partial charge on any atom is 0.155 e. The summed E-state index contributed by atoms with van der Waals surface area (Å²) in [6.45, 7) is 0. The second-order valence-electron chi connectivity index (χ2n) is 5.84. The predicted octanol–water partition coefficient (Wildman–Crippen LogP) is 3.47. The number of benzene rings is 1. The van der Waals surface area contributed by atoms with Gasteiger partial charge in [0.25, 0.3) is 0 Å². The Bertz CT molecular complexity index is 1280. The number of aromatic amines is 1. The zero-order chi connectivity index (χ0) is 17.8. The van der Waals surface area contributed by atoms with Crippen LogP contribution in [0.1, 0.15) is 0 Å². The highest BCUT2D eigenvalue weighted by Crippen LogP contribution is 2.41. The highest BCUT2D eigenvalue weighted by Gasteiger charge is 2.24. The summed E-state index contributed by atoms with van der Waals surface area (Å²) in [7, 11) is 1.74. The molecule has 0 aliphatic carbocycles. The Morgan fingerprint density at radius 2 is 2.04 bits per heavy atom. The van der Waals surface area contributed by atoms with Crippen molar-refractivity contribution in [1.29, 1.82) is 0 Å². The number of hydrogen-bond acceptors (Lipinski definition) is 4. The predicted molar refractivity (Wildman–Crippen MR) is 95.2 cm³/mol. The van der Waals surface area contributed by atoms with Gasteiger partial charge >= 0.3 is 0 Å². The molecule has 9 heteroatoms. The standard InChI is InChI=1S/C17H11ClFN7/c1-25-11(2-3-23-25)14-16(19)15(18)13(9-6-22-24-17(9)14)10-8-26-5-4-20-12(26)7-21-10/h2-8H,1H3,(H,22,24). The van der Waals surface area contributed by atoms with E-state index in [0.29, 0.717) is 39.1 Å². The molecule has 4 aromatic heterocycles. The summed E-state index contributed by atoms with van der Waals surface area (Å²) in [5.74, 6) is -0.547. The maximum absolute atomic E-state index is 15.3. The minimum Gasteiger partial charge on any atom is -0.304 e. The molecule has 1 aromatic carbocycles. The van der Waals surface area contributed by atoms with Crippen molar-refractivity contribution in [3.05, 3.63) is 54.1 Å². The monoisotopic (exact) mass is 367 g/mol. The van der Waals surface area contributed by atoms with E-state index < -0.39 is 5.82 Å². The Morgan fingerprint density at radius 3 is 2.85 bits per heavy atom. The summed E-state index contributed by atoms with van der Waals surface area (Å²) < 4.78 is 18.7. The molecule has 0 radical (unpaired) electrons. The topological polar surface area (TPSA) is 76.7 Å². The molecule has 0 saturated carbocycles. The fourth-order valence-corrected chi connectivity index (χ4v) is 3.47. The van der Waals surface area contributed by atoms with Crippen molar-refractivity contribution >= 4 is 28.2 Å². The van der Waals surface area contributed by atoms with Crippen LogP contribution >= 0.6 is 11.6 Å². The Kier molecular flexibility index (Phi) is 3.10. The van der Waals surface area contributed by atoms with Gasteiger partial charge in [0.15, 0.2) is 11.5 Å². The van der Waals surface area contributed by atoms with Gasteiger partial charge < -0.3 is 4.40 Å². The molecule has 26 heavy (non-hydrogen) atoms. The lowest BCUT2D eigenvalue weighted by Crippen LogP contribution is -1.99. The summed E-state index contributed by atoms with van der Waals surface area (Å²) in [5.41, 5.74) is 3.17. The second-order valence-corrected chi connectivity index (χ2v) is 6.22. The van der Waals surface area contributed by atoms with Gasteiger partial charge in [-0.05, 0) is 6.07 Å². The van der Waals surface area contributed by atoms with Crippen LogP contribution in [0.4, 0.5) is 4.39 Å². The number of rotatable bonds is 2. The number of hydrogen-bond donors (Lipinski definition) is 1. The van der Waals surface area contributed by atoms with Gasteiger partial charge in [0.1, 0.15) is 0 Å². The summed E-state index contributed by atoms with van der Waals surface area (Å²) in [6, 6.07) is 1.73. The first-order valence-corrected chi connectivity index (χ1v) is 8.14. The summed E-state index contributed by atoms with van der Waals surface area (Å²) >= 11 is 6.45. The van der Waals surface area contributed by atoms with Crippen LogP contribution in [-0.2, 0) is 7.05 Å². The minimum atomic E-state index is -0.547. The number of aromatic nitrogens is 7. The Morgan fingerprint density at radius 1 is 1.15 bits per heavy atom. The van der Waals surface area contributed by atoms with Crippen LogP contribution in [-0.4, -0.2) is 34.3 Å².